The molecule has 11 heteroatoms. The van der Waals surface area contributed by atoms with Crippen LogP contribution in [0.1, 0.15) is 37.8 Å². The average molecular weight is 510 g/mol. The summed E-state index contributed by atoms with van der Waals surface area (Å²) in [6.45, 7) is 6.73. The van der Waals surface area contributed by atoms with Gasteiger partial charge in [-0.3, -0.25) is 4.79 Å². The highest BCUT2D eigenvalue weighted by molar-refractivity contribution is 7.89. The highest BCUT2D eigenvalue weighted by Gasteiger charge is 2.27. The highest BCUT2D eigenvalue weighted by Crippen LogP contribution is 2.22. The third-order valence-corrected chi connectivity index (χ3v) is 9.03. The second kappa shape index (κ2) is 10.9. The van der Waals surface area contributed by atoms with Crippen molar-refractivity contribution in [2.45, 2.75) is 56.0 Å². The number of nitrogens with one attached hydrogen (secondary N) is 2. The van der Waals surface area contributed by atoms with E-state index in [2.05, 4.69) is 10.0 Å². The molecule has 0 bridgehead atoms. The fraction of sp³-hybridized carbons (Fsp3) is 0.435. The number of hydrogen-bond acceptors (Lipinski definition) is 6. The van der Waals surface area contributed by atoms with Crippen LogP contribution in [-0.2, 0) is 31.4 Å². The van der Waals surface area contributed by atoms with E-state index in [1.807, 2.05) is 6.92 Å². The van der Waals surface area contributed by atoms with E-state index < -0.39 is 32.0 Å². The molecule has 2 aromatic carbocycles. The van der Waals surface area contributed by atoms with Gasteiger partial charge in [-0.2, -0.15) is 9.03 Å². The lowest BCUT2D eigenvalue weighted by Crippen LogP contribution is -2.44. The molecule has 34 heavy (non-hydrogen) atoms. The van der Waals surface area contributed by atoms with Crippen molar-refractivity contribution < 1.29 is 26.4 Å². The highest BCUT2D eigenvalue weighted by atomic mass is 32.2. The SMILES string of the molecule is CCOc1ccc(S(=O)(=O)N[C@@H](C)C(=O)NCc2ccc(S(=O)(=O)N3CCCC3)cc2)cc1C. The summed E-state index contributed by atoms with van der Waals surface area (Å²) in [6.07, 6.45) is 1.73. The van der Waals surface area contributed by atoms with Crippen LogP contribution in [0.15, 0.2) is 52.3 Å². The third-order valence-electron chi connectivity index (χ3n) is 5.57. The first-order valence-corrected chi connectivity index (χ1v) is 14.1. The van der Waals surface area contributed by atoms with Crippen LogP contribution in [-0.4, -0.2) is 52.8 Å². The predicted octanol–water partition coefficient (Wildman–Crippen LogP) is 2.16. The molecule has 0 unspecified atom stereocenters. The lowest BCUT2D eigenvalue weighted by molar-refractivity contribution is -0.122. The van der Waals surface area contributed by atoms with Gasteiger partial charge in [0.25, 0.3) is 0 Å². The smallest absolute Gasteiger partial charge is 0.243 e. The molecule has 1 fully saturated rings. The summed E-state index contributed by atoms with van der Waals surface area (Å²) in [7, 11) is -7.40. The summed E-state index contributed by atoms with van der Waals surface area (Å²) < 4.78 is 59.9. The lowest BCUT2D eigenvalue weighted by Gasteiger charge is -2.16. The first-order valence-electron chi connectivity index (χ1n) is 11.2. The Labute approximate surface area is 201 Å². The Bertz CT molecular complexity index is 1220. The summed E-state index contributed by atoms with van der Waals surface area (Å²) in [4.78, 5) is 12.7. The summed E-state index contributed by atoms with van der Waals surface area (Å²) >= 11 is 0. The molecular weight excluding hydrogens is 478 g/mol. The maximum Gasteiger partial charge on any atom is 0.243 e. The molecule has 0 spiro atoms. The van der Waals surface area contributed by atoms with Crippen LogP contribution in [0.4, 0.5) is 0 Å². The van der Waals surface area contributed by atoms with Crippen molar-refractivity contribution in [2.24, 2.45) is 0 Å². The first-order chi connectivity index (χ1) is 16.0. The maximum absolute atomic E-state index is 12.7. The van der Waals surface area contributed by atoms with E-state index in [1.165, 1.54) is 35.5 Å². The second-order valence-electron chi connectivity index (χ2n) is 8.18. The Hall–Kier alpha value is -2.47. The Morgan fingerprint density at radius 1 is 1.03 bits per heavy atom. The lowest BCUT2D eigenvalue weighted by atomic mass is 10.2. The quantitative estimate of drug-likeness (QED) is 0.506. The van der Waals surface area contributed by atoms with E-state index in [-0.39, 0.29) is 16.3 Å². The molecule has 0 aromatic heterocycles. The topological polar surface area (TPSA) is 122 Å². The Balaban J connectivity index is 1.58. The number of aryl methyl sites for hydroxylation is 1. The van der Waals surface area contributed by atoms with Crippen molar-refractivity contribution in [2.75, 3.05) is 19.7 Å². The van der Waals surface area contributed by atoms with Gasteiger partial charge >= 0.3 is 0 Å². The summed E-state index contributed by atoms with van der Waals surface area (Å²) in [5.74, 6) is 0.103. The number of rotatable bonds is 10. The van der Waals surface area contributed by atoms with Gasteiger partial charge in [-0.15, -0.1) is 0 Å². The van der Waals surface area contributed by atoms with Gasteiger partial charge in [0.2, 0.25) is 26.0 Å². The van der Waals surface area contributed by atoms with E-state index in [0.717, 1.165) is 12.8 Å². The minimum absolute atomic E-state index is 0.0444. The van der Waals surface area contributed by atoms with Gasteiger partial charge in [-0.1, -0.05) is 12.1 Å². The number of sulfonamides is 2. The number of ether oxygens (including phenoxy) is 1. The van der Waals surface area contributed by atoms with Crippen molar-refractivity contribution >= 4 is 26.0 Å². The van der Waals surface area contributed by atoms with Gasteiger partial charge in [0.15, 0.2) is 0 Å². The molecule has 1 amide bonds. The largest absolute Gasteiger partial charge is 0.494 e. The zero-order valence-electron chi connectivity index (χ0n) is 19.6. The van der Waals surface area contributed by atoms with Crippen molar-refractivity contribution in [3.05, 3.63) is 53.6 Å². The number of carbonyl (C=O) groups excluding carboxylic acids is 1. The number of nitrogens with zero attached hydrogens (tertiary/aromatic N) is 1. The van der Waals surface area contributed by atoms with Gasteiger partial charge in [0, 0.05) is 19.6 Å². The van der Waals surface area contributed by atoms with Crippen LogP contribution in [0, 0.1) is 6.92 Å². The minimum Gasteiger partial charge on any atom is -0.494 e. The number of hydrogen-bond donors (Lipinski definition) is 2. The van der Waals surface area contributed by atoms with Crippen LogP contribution in [0.25, 0.3) is 0 Å². The Morgan fingerprint density at radius 2 is 1.65 bits per heavy atom. The van der Waals surface area contributed by atoms with Crippen molar-refractivity contribution in [3.8, 4) is 5.75 Å². The van der Waals surface area contributed by atoms with Crippen molar-refractivity contribution in [1.29, 1.82) is 0 Å². The first kappa shape index (κ1) is 26.1. The van der Waals surface area contributed by atoms with Crippen LogP contribution in [0.2, 0.25) is 0 Å². The van der Waals surface area contributed by atoms with Crippen molar-refractivity contribution in [1.82, 2.24) is 14.3 Å². The molecule has 0 aliphatic carbocycles. The third kappa shape index (κ3) is 6.15. The monoisotopic (exact) mass is 509 g/mol. The molecular formula is C23H31N3O6S2. The summed E-state index contributed by atoms with van der Waals surface area (Å²) in [6, 6.07) is 9.84. The summed E-state index contributed by atoms with van der Waals surface area (Å²) in [5, 5.41) is 2.68. The number of benzene rings is 2. The van der Waals surface area contributed by atoms with Crippen LogP contribution < -0.4 is 14.8 Å². The van der Waals surface area contributed by atoms with Gasteiger partial charge in [-0.25, -0.2) is 16.8 Å². The predicted molar refractivity (Wildman–Crippen MR) is 128 cm³/mol. The van der Waals surface area contributed by atoms with E-state index in [1.54, 1.807) is 25.1 Å². The molecule has 9 nitrogen and oxygen atoms in total. The average Bonchev–Trinajstić information content (AvgIpc) is 3.35. The van der Waals surface area contributed by atoms with Gasteiger partial charge < -0.3 is 10.1 Å². The van der Waals surface area contributed by atoms with Gasteiger partial charge in [0.1, 0.15) is 5.75 Å². The second-order valence-corrected chi connectivity index (χ2v) is 11.8. The van der Waals surface area contributed by atoms with E-state index in [9.17, 15) is 21.6 Å². The normalized spacial score (nSPS) is 15.7. The zero-order chi connectivity index (χ0) is 24.9. The van der Waals surface area contributed by atoms with Crippen LogP contribution in [0.3, 0.4) is 0 Å². The number of amides is 1. The summed E-state index contributed by atoms with van der Waals surface area (Å²) in [5.41, 5.74) is 1.38. The van der Waals surface area contributed by atoms with Crippen molar-refractivity contribution in [3.63, 3.8) is 0 Å². The van der Waals surface area contributed by atoms with Crippen LogP contribution >= 0.6 is 0 Å². The molecule has 1 atom stereocenters. The molecule has 1 aliphatic heterocycles. The van der Waals surface area contributed by atoms with Gasteiger partial charge in [-0.05, 0) is 75.1 Å². The maximum atomic E-state index is 12.7. The van der Waals surface area contributed by atoms with E-state index >= 15 is 0 Å². The fourth-order valence-corrected chi connectivity index (χ4v) is 6.46. The minimum atomic E-state index is -3.91. The zero-order valence-corrected chi connectivity index (χ0v) is 21.2. The van der Waals surface area contributed by atoms with E-state index in [0.29, 0.717) is 36.6 Å². The molecule has 0 saturated carbocycles. The van der Waals surface area contributed by atoms with Gasteiger partial charge in [0.05, 0.1) is 22.4 Å². The van der Waals surface area contributed by atoms with E-state index in [4.69, 9.17) is 4.74 Å². The standard InChI is InChI=1S/C23H31N3O6S2/c1-4-32-22-12-11-21(15-17(22)2)33(28,29)25-18(3)23(27)24-16-19-7-9-20(10-8-19)34(30,31)26-13-5-6-14-26/h7-12,15,18,25H,4-6,13-14,16H2,1-3H3,(H,24,27)/t18-/m0/s1. The molecule has 0 radical (unpaired) electrons. The molecule has 1 heterocycles. The number of carbonyl (C=O) groups is 1. The molecule has 1 saturated heterocycles. The fourth-order valence-electron chi connectivity index (χ4n) is 3.66. The molecule has 1 aliphatic rings. The molecule has 2 aromatic rings. The molecule has 2 N–H and O–H groups in total. The molecule has 186 valence electrons. The molecule has 3 rings (SSSR count). The Morgan fingerprint density at radius 3 is 2.24 bits per heavy atom. The Kier molecular flexibility index (Phi) is 8.34. The van der Waals surface area contributed by atoms with Crippen LogP contribution in [0.5, 0.6) is 5.75 Å².